The molecule has 0 radical (unpaired) electrons. The van der Waals surface area contributed by atoms with Gasteiger partial charge < -0.3 is 5.73 Å². The third-order valence-electron chi connectivity index (χ3n) is 3.34. The van der Waals surface area contributed by atoms with E-state index < -0.39 is 0 Å². The minimum absolute atomic E-state index is 0.575. The van der Waals surface area contributed by atoms with Crippen molar-refractivity contribution in [2.45, 2.75) is 26.7 Å². The first kappa shape index (κ1) is 13.3. The Morgan fingerprint density at radius 1 is 1.33 bits per heavy atom. The first-order valence-electron chi connectivity index (χ1n) is 6.36. The molecule has 2 N–H and O–H groups in total. The maximum absolute atomic E-state index is 6.02. The quantitative estimate of drug-likeness (QED) is 0.853. The number of fused-ring (bicyclic) bond motifs is 1. The van der Waals surface area contributed by atoms with E-state index in [2.05, 4.69) is 30.1 Å². The molecular formula is C15H19ClN2. The van der Waals surface area contributed by atoms with Gasteiger partial charge in [0.15, 0.2) is 0 Å². The van der Waals surface area contributed by atoms with Crippen LogP contribution < -0.4 is 5.73 Å². The number of nitrogens with zero attached hydrogens (tertiary/aromatic N) is 1. The van der Waals surface area contributed by atoms with Gasteiger partial charge in [0.25, 0.3) is 0 Å². The van der Waals surface area contributed by atoms with Gasteiger partial charge in [-0.25, -0.2) is 4.98 Å². The second kappa shape index (κ2) is 5.68. The van der Waals surface area contributed by atoms with E-state index in [-0.39, 0.29) is 0 Å². The highest BCUT2D eigenvalue weighted by atomic mass is 35.5. The van der Waals surface area contributed by atoms with Crippen LogP contribution in [0.15, 0.2) is 24.3 Å². The number of aromatic nitrogens is 1. The zero-order valence-corrected chi connectivity index (χ0v) is 11.7. The summed E-state index contributed by atoms with van der Waals surface area (Å²) in [5.41, 5.74) is 8.96. The largest absolute Gasteiger partial charge is 0.330 e. The number of hydrogen-bond acceptors (Lipinski definition) is 2. The van der Waals surface area contributed by atoms with Crippen molar-refractivity contribution in [1.82, 2.24) is 4.98 Å². The number of benzene rings is 1. The van der Waals surface area contributed by atoms with Crippen LogP contribution in [0.3, 0.4) is 0 Å². The van der Waals surface area contributed by atoms with Crippen LogP contribution in [-0.2, 0) is 6.42 Å². The van der Waals surface area contributed by atoms with E-state index in [0.717, 1.165) is 35.9 Å². The maximum atomic E-state index is 6.02. The van der Waals surface area contributed by atoms with Gasteiger partial charge in [0, 0.05) is 5.39 Å². The molecule has 3 heteroatoms. The summed E-state index contributed by atoms with van der Waals surface area (Å²) in [6, 6.07) is 8.47. The van der Waals surface area contributed by atoms with Crippen molar-refractivity contribution in [3.05, 3.63) is 40.5 Å². The van der Waals surface area contributed by atoms with Crippen LogP contribution in [0.5, 0.6) is 0 Å². The molecule has 0 aliphatic carbocycles. The van der Waals surface area contributed by atoms with Gasteiger partial charge in [0.1, 0.15) is 5.15 Å². The molecule has 0 saturated heterocycles. The summed E-state index contributed by atoms with van der Waals surface area (Å²) < 4.78 is 0. The second-order valence-corrected chi connectivity index (χ2v) is 5.36. The molecule has 1 aromatic heterocycles. The lowest BCUT2D eigenvalue weighted by molar-refractivity contribution is 0.545. The second-order valence-electron chi connectivity index (χ2n) is 5.00. The summed E-state index contributed by atoms with van der Waals surface area (Å²) in [5, 5.41) is 1.75. The molecule has 0 saturated carbocycles. The van der Waals surface area contributed by atoms with E-state index in [9.17, 15) is 0 Å². The van der Waals surface area contributed by atoms with E-state index in [4.69, 9.17) is 17.3 Å². The van der Waals surface area contributed by atoms with Gasteiger partial charge in [-0.15, -0.1) is 0 Å². The average Bonchev–Trinajstić information content (AvgIpc) is 2.37. The molecule has 0 spiro atoms. The first-order chi connectivity index (χ1) is 8.60. The van der Waals surface area contributed by atoms with E-state index in [1.807, 2.05) is 13.0 Å². The molecule has 2 rings (SSSR count). The lowest BCUT2D eigenvalue weighted by Gasteiger charge is -2.09. The number of halogens is 1. The monoisotopic (exact) mass is 262 g/mol. The van der Waals surface area contributed by atoms with E-state index in [1.54, 1.807) is 0 Å². The lowest BCUT2D eigenvalue weighted by Crippen LogP contribution is -2.11. The fourth-order valence-electron chi connectivity index (χ4n) is 1.99. The Morgan fingerprint density at radius 2 is 2.11 bits per heavy atom. The van der Waals surface area contributed by atoms with Crippen molar-refractivity contribution >= 4 is 22.5 Å². The number of aryl methyl sites for hydroxylation is 2. The summed E-state index contributed by atoms with van der Waals surface area (Å²) in [6.07, 6.45) is 2.19. The van der Waals surface area contributed by atoms with Crippen LogP contribution in [0.4, 0.5) is 0 Å². The molecule has 1 unspecified atom stereocenters. The summed E-state index contributed by atoms with van der Waals surface area (Å²) in [6.45, 7) is 4.92. The van der Waals surface area contributed by atoms with Gasteiger partial charge >= 0.3 is 0 Å². The van der Waals surface area contributed by atoms with Crippen molar-refractivity contribution < 1.29 is 0 Å². The topological polar surface area (TPSA) is 38.9 Å². The molecule has 2 nitrogen and oxygen atoms in total. The van der Waals surface area contributed by atoms with Gasteiger partial charge in [-0.3, -0.25) is 0 Å². The highest BCUT2D eigenvalue weighted by Crippen LogP contribution is 2.21. The third kappa shape index (κ3) is 3.01. The van der Waals surface area contributed by atoms with Crippen molar-refractivity contribution in [3.63, 3.8) is 0 Å². The zero-order chi connectivity index (χ0) is 13.1. The summed E-state index contributed by atoms with van der Waals surface area (Å²) in [5.74, 6) is 0.575. The molecule has 1 aromatic carbocycles. The van der Waals surface area contributed by atoms with Crippen LogP contribution in [0.1, 0.15) is 24.5 Å². The molecule has 1 atom stereocenters. The van der Waals surface area contributed by atoms with Crippen molar-refractivity contribution in [2.24, 2.45) is 11.7 Å². The van der Waals surface area contributed by atoms with Crippen LogP contribution in [0.2, 0.25) is 5.15 Å². The zero-order valence-electron chi connectivity index (χ0n) is 10.9. The van der Waals surface area contributed by atoms with Crippen LogP contribution in [0.25, 0.3) is 10.9 Å². The van der Waals surface area contributed by atoms with Gasteiger partial charge in [-0.05, 0) is 61.6 Å². The lowest BCUT2D eigenvalue weighted by atomic mass is 10.00. The summed E-state index contributed by atoms with van der Waals surface area (Å²) in [4.78, 5) is 4.37. The van der Waals surface area contributed by atoms with E-state index in [0.29, 0.717) is 11.1 Å². The first-order valence-corrected chi connectivity index (χ1v) is 6.74. The van der Waals surface area contributed by atoms with Gasteiger partial charge in [0.05, 0.1) is 5.52 Å². The van der Waals surface area contributed by atoms with Crippen LogP contribution in [0, 0.1) is 12.8 Å². The third-order valence-corrected chi connectivity index (χ3v) is 3.72. The molecule has 0 aliphatic heterocycles. The standard InChI is InChI=1S/C15H19ClN2/c1-10(9-17)3-4-12-5-6-14-13(8-12)7-11(2)15(16)18-14/h5-8,10H,3-4,9,17H2,1-2H3. The Morgan fingerprint density at radius 3 is 2.83 bits per heavy atom. The summed E-state index contributed by atoms with van der Waals surface area (Å²) in [7, 11) is 0. The van der Waals surface area contributed by atoms with E-state index >= 15 is 0 Å². The van der Waals surface area contributed by atoms with E-state index in [1.165, 1.54) is 5.56 Å². The average molecular weight is 263 g/mol. The molecule has 0 bridgehead atoms. The normalized spacial score (nSPS) is 12.9. The SMILES string of the molecule is Cc1cc2cc(CCC(C)CN)ccc2nc1Cl. The van der Waals surface area contributed by atoms with Gasteiger partial charge in [-0.1, -0.05) is 24.6 Å². The number of rotatable bonds is 4. The Hall–Kier alpha value is -1.12. The smallest absolute Gasteiger partial charge is 0.132 e. The molecule has 2 aromatic rings. The number of nitrogens with two attached hydrogens (primary N) is 1. The van der Waals surface area contributed by atoms with Crippen molar-refractivity contribution in [3.8, 4) is 0 Å². The molecule has 0 fully saturated rings. The molecule has 1 heterocycles. The molecular weight excluding hydrogens is 244 g/mol. The van der Waals surface area contributed by atoms with Crippen molar-refractivity contribution in [2.75, 3.05) is 6.54 Å². The fraction of sp³-hybridized carbons (Fsp3) is 0.400. The molecule has 0 amide bonds. The van der Waals surface area contributed by atoms with Crippen LogP contribution >= 0.6 is 11.6 Å². The predicted octanol–water partition coefficient (Wildman–Crippen LogP) is 3.72. The Balaban J connectivity index is 2.24. The molecule has 96 valence electrons. The van der Waals surface area contributed by atoms with Gasteiger partial charge in [0.2, 0.25) is 0 Å². The van der Waals surface area contributed by atoms with Crippen LogP contribution in [-0.4, -0.2) is 11.5 Å². The highest BCUT2D eigenvalue weighted by molar-refractivity contribution is 6.30. The van der Waals surface area contributed by atoms with Crippen molar-refractivity contribution in [1.29, 1.82) is 0 Å². The van der Waals surface area contributed by atoms with Gasteiger partial charge in [-0.2, -0.15) is 0 Å². The molecule has 0 aliphatic rings. The number of hydrogen-bond donors (Lipinski definition) is 1. The maximum Gasteiger partial charge on any atom is 0.132 e. The molecule has 18 heavy (non-hydrogen) atoms. The minimum atomic E-state index is 0.575. The fourth-order valence-corrected chi connectivity index (χ4v) is 2.14. The Kier molecular flexibility index (Phi) is 4.20. The minimum Gasteiger partial charge on any atom is -0.330 e. The number of pyridine rings is 1. The predicted molar refractivity (Wildman–Crippen MR) is 78.0 cm³/mol. The Bertz CT molecular complexity index is 551. The Labute approximate surface area is 113 Å². The summed E-state index contributed by atoms with van der Waals surface area (Å²) >= 11 is 6.02. The highest BCUT2D eigenvalue weighted by Gasteiger charge is 2.04.